The lowest BCUT2D eigenvalue weighted by Crippen LogP contribution is -2.25. The van der Waals surface area contributed by atoms with Crippen molar-refractivity contribution in [2.45, 2.75) is 38.6 Å². The number of rotatable bonds is 5. The topological polar surface area (TPSA) is 12.0 Å². The summed E-state index contributed by atoms with van der Waals surface area (Å²) in [6.45, 7) is 3.27. The highest BCUT2D eigenvalue weighted by Crippen LogP contribution is 2.35. The van der Waals surface area contributed by atoms with Crippen LogP contribution in [0, 0.1) is 5.92 Å². The van der Waals surface area contributed by atoms with Crippen molar-refractivity contribution in [3.8, 4) is 0 Å². The molecule has 1 fully saturated rings. The number of nitrogens with one attached hydrogen (secondary N) is 1. The first-order chi connectivity index (χ1) is 6.90. The molecule has 1 aliphatic carbocycles. The quantitative estimate of drug-likeness (QED) is 0.781. The van der Waals surface area contributed by atoms with E-state index in [1.807, 2.05) is 0 Å². The van der Waals surface area contributed by atoms with Gasteiger partial charge in [-0.2, -0.15) is 11.3 Å². The molecule has 2 rings (SSSR count). The summed E-state index contributed by atoms with van der Waals surface area (Å²) >= 11 is 1.81. The fourth-order valence-corrected chi connectivity index (χ4v) is 2.83. The standard InChI is InChI=1S/C12H19NS/c1-2-13-12(8-10-4-3-5-10)11-6-7-14-9-11/h6-7,9-10,12-13H,2-5,8H2,1H3. The third kappa shape index (κ3) is 2.37. The molecule has 1 saturated carbocycles. The van der Waals surface area contributed by atoms with Crippen LogP contribution in [0.25, 0.3) is 0 Å². The van der Waals surface area contributed by atoms with Gasteiger partial charge in [0.25, 0.3) is 0 Å². The Balaban J connectivity index is 1.92. The second-order valence-electron chi connectivity index (χ2n) is 4.20. The Morgan fingerprint density at radius 3 is 2.93 bits per heavy atom. The summed E-state index contributed by atoms with van der Waals surface area (Å²) in [5, 5.41) is 8.06. The lowest BCUT2D eigenvalue weighted by Gasteiger charge is -2.29. The molecule has 1 aliphatic rings. The van der Waals surface area contributed by atoms with Crippen LogP contribution < -0.4 is 5.32 Å². The minimum atomic E-state index is 0.608. The van der Waals surface area contributed by atoms with Gasteiger partial charge in [-0.05, 0) is 41.3 Å². The van der Waals surface area contributed by atoms with Gasteiger partial charge in [-0.1, -0.05) is 26.2 Å². The van der Waals surface area contributed by atoms with E-state index in [0.29, 0.717) is 6.04 Å². The summed E-state index contributed by atoms with van der Waals surface area (Å²) in [5.74, 6) is 0.985. The summed E-state index contributed by atoms with van der Waals surface area (Å²) in [7, 11) is 0. The molecule has 0 radical (unpaired) electrons. The minimum Gasteiger partial charge on any atom is -0.310 e. The monoisotopic (exact) mass is 209 g/mol. The van der Waals surface area contributed by atoms with Gasteiger partial charge in [0.05, 0.1) is 0 Å². The fourth-order valence-electron chi connectivity index (χ4n) is 2.12. The first-order valence-electron chi connectivity index (χ1n) is 5.65. The lowest BCUT2D eigenvalue weighted by atomic mass is 9.80. The maximum atomic E-state index is 3.59. The first kappa shape index (κ1) is 10.2. The second kappa shape index (κ2) is 4.94. The Hall–Kier alpha value is -0.340. The first-order valence-corrected chi connectivity index (χ1v) is 6.60. The van der Waals surface area contributed by atoms with Gasteiger partial charge in [-0.15, -0.1) is 0 Å². The smallest absolute Gasteiger partial charge is 0.0331 e. The van der Waals surface area contributed by atoms with E-state index in [9.17, 15) is 0 Å². The van der Waals surface area contributed by atoms with Crippen LogP contribution in [-0.2, 0) is 0 Å². The Morgan fingerprint density at radius 1 is 1.57 bits per heavy atom. The molecule has 1 unspecified atom stereocenters. The van der Waals surface area contributed by atoms with E-state index in [1.165, 1.54) is 31.2 Å². The van der Waals surface area contributed by atoms with Crippen LogP contribution in [-0.4, -0.2) is 6.54 Å². The zero-order chi connectivity index (χ0) is 9.80. The molecular formula is C12H19NS. The average molecular weight is 209 g/mol. The largest absolute Gasteiger partial charge is 0.310 e. The SMILES string of the molecule is CCNC(CC1CCC1)c1ccsc1. The van der Waals surface area contributed by atoms with Gasteiger partial charge in [0, 0.05) is 6.04 Å². The maximum absolute atomic E-state index is 3.59. The molecule has 1 aromatic heterocycles. The van der Waals surface area contributed by atoms with Crippen LogP contribution in [0.1, 0.15) is 44.2 Å². The molecule has 1 atom stereocenters. The molecule has 0 saturated heterocycles. The van der Waals surface area contributed by atoms with Crippen molar-refractivity contribution in [2.24, 2.45) is 5.92 Å². The molecule has 1 nitrogen and oxygen atoms in total. The highest BCUT2D eigenvalue weighted by Gasteiger charge is 2.22. The van der Waals surface area contributed by atoms with Gasteiger partial charge in [0.2, 0.25) is 0 Å². The number of thiophene rings is 1. The van der Waals surface area contributed by atoms with Gasteiger partial charge >= 0.3 is 0 Å². The van der Waals surface area contributed by atoms with E-state index in [2.05, 4.69) is 29.1 Å². The normalized spacial score (nSPS) is 19.2. The average Bonchev–Trinajstić information content (AvgIpc) is 2.61. The second-order valence-corrected chi connectivity index (χ2v) is 4.98. The summed E-state index contributed by atoms with van der Waals surface area (Å²) in [5.41, 5.74) is 1.49. The Labute approximate surface area is 90.5 Å². The van der Waals surface area contributed by atoms with Crippen LogP contribution >= 0.6 is 11.3 Å². The predicted molar refractivity (Wildman–Crippen MR) is 62.7 cm³/mol. The van der Waals surface area contributed by atoms with Crippen LogP contribution in [0.5, 0.6) is 0 Å². The molecule has 0 amide bonds. The molecule has 2 heteroatoms. The molecular weight excluding hydrogens is 190 g/mol. The van der Waals surface area contributed by atoms with E-state index in [0.717, 1.165) is 12.5 Å². The van der Waals surface area contributed by atoms with Gasteiger partial charge < -0.3 is 5.32 Å². The van der Waals surface area contributed by atoms with E-state index in [-0.39, 0.29) is 0 Å². The highest BCUT2D eigenvalue weighted by molar-refractivity contribution is 7.07. The number of hydrogen-bond donors (Lipinski definition) is 1. The zero-order valence-electron chi connectivity index (χ0n) is 8.83. The summed E-state index contributed by atoms with van der Waals surface area (Å²) in [6, 6.07) is 2.87. The highest BCUT2D eigenvalue weighted by atomic mass is 32.1. The molecule has 1 aromatic rings. The lowest BCUT2D eigenvalue weighted by molar-refractivity contribution is 0.262. The van der Waals surface area contributed by atoms with Crippen LogP contribution in [0.15, 0.2) is 16.8 Å². The fraction of sp³-hybridized carbons (Fsp3) is 0.667. The van der Waals surface area contributed by atoms with Crippen LogP contribution in [0.2, 0.25) is 0 Å². The van der Waals surface area contributed by atoms with Crippen molar-refractivity contribution in [1.82, 2.24) is 5.32 Å². The van der Waals surface area contributed by atoms with E-state index < -0.39 is 0 Å². The molecule has 0 bridgehead atoms. The predicted octanol–water partition coefficient (Wildman–Crippen LogP) is 3.59. The van der Waals surface area contributed by atoms with Gasteiger partial charge in [-0.25, -0.2) is 0 Å². The van der Waals surface area contributed by atoms with Crippen molar-refractivity contribution in [3.05, 3.63) is 22.4 Å². The van der Waals surface area contributed by atoms with E-state index >= 15 is 0 Å². The molecule has 0 aliphatic heterocycles. The maximum Gasteiger partial charge on any atom is 0.0331 e. The summed E-state index contributed by atoms with van der Waals surface area (Å²) in [4.78, 5) is 0. The van der Waals surface area contributed by atoms with E-state index in [1.54, 1.807) is 11.3 Å². The summed E-state index contributed by atoms with van der Waals surface area (Å²) in [6.07, 6.45) is 5.69. The van der Waals surface area contributed by atoms with Crippen LogP contribution in [0.3, 0.4) is 0 Å². The summed E-state index contributed by atoms with van der Waals surface area (Å²) < 4.78 is 0. The Morgan fingerprint density at radius 2 is 2.43 bits per heavy atom. The van der Waals surface area contributed by atoms with Crippen molar-refractivity contribution in [1.29, 1.82) is 0 Å². The van der Waals surface area contributed by atoms with Crippen LogP contribution in [0.4, 0.5) is 0 Å². The third-order valence-electron chi connectivity index (χ3n) is 3.19. The Kier molecular flexibility index (Phi) is 3.60. The Bertz CT molecular complexity index is 251. The third-order valence-corrected chi connectivity index (χ3v) is 3.89. The molecule has 1 heterocycles. The van der Waals surface area contributed by atoms with Crippen molar-refractivity contribution in [3.63, 3.8) is 0 Å². The molecule has 0 spiro atoms. The number of hydrogen-bond acceptors (Lipinski definition) is 2. The van der Waals surface area contributed by atoms with Crippen molar-refractivity contribution >= 4 is 11.3 Å². The van der Waals surface area contributed by atoms with E-state index in [4.69, 9.17) is 0 Å². The van der Waals surface area contributed by atoms with Gasteiger partial charge in [0.1, 0.15) is 0 Å². The molecule has 14 heavy (non-hydrogen) atoms. The van der Waals surface area contributed by atoms with Crippen molar-refractivity contribution < 1.29 is 0 Å². The zero-order valence-corrected chi connectivity index (χ0v) is 9.65. The van der Waals surface area contributed by atoms with Gasteiger partial charge in [-0.3, -0.25) is 0 Å². The minimum absolute atomic E-state index is 0.608. The van der Waals surface area contributed by atoms with Gasteiger partial charge in [0.15, 0.2) is 0 Å². The van der Waals surface area contributed by atoms with Crippen molar-refractivity contribution in [2.75, 3.05) is 6.54 Å². The molecule has 1 N–H and O–H groups in total. The molecule has 78 valence electrons. The molecule has 0 aromatic carbocycles.